The number of nitro groups is 1. The normalized spacial score (nSPS) is 14.8. The van der Waals surface area contributed by atoms with E-state index in [9.17, 15) is 10.1 Å². The van der Waals surface area contributed by atoms with Gasteiger partial charge in [0.25, 0.3) is 5.69 Å². The number of thioether (sulfide) groups is 1. The van der Waals surface area contributed by atoms with Crippen LogP contribution in [0, 0.1) is 17.0 Å². The average molecular weight is 409 g/mol. The predicted octanol–water partition coefficient (Wildman–Crippen LogP) is 5.82. The van der Waals surface area contributed by atoms with E-state index in [1.165, 1.54) is 24.8 Å². The van der Waals surface area contributed by atoms with Crippen LogP contribution < -0.4 is 0 Å². The van der Waals surface area contributed by atoms with Crippen LogP contribution in [-0.2, 0) is 5.75 Å². The Hall–Kier alpha value is -2.67. The van der Waals surface area contributed by atoms with Gasteiger partial charge < -0.3 is 0 Å². The lowest BCUT2D eigenvalue weighted by atomic mass is 9.88. The smallest absolute Gasteiger partial charge is 0.269 e. The van der Waals surface area contributed by atoms with Gasteiger partial charge in [-0.05, 0) is 37.5 Å². The highest BCUT2D eigenvalue weighted by molar-refractivity contribution is 7.98. The number of non-ortho nitro benzene ring substituents is 1. The van der Waals surface area contributed by atoms with Crippen molar-refractivity contribution in [2.24, 2.45) is 0 Å². The van der Waals surface area contributed by atoms with E-state index in [-0.39, 0.29) is 10.6 Å². The zero-order chi connectivity index (χ0) is 20.2. The van der Waals surface area contributed by atoms with Gasteiger partial charge in [0, 0.05) is 29.5 Å². The molecule has 0 spiro atoms. The molecule has 1 fully saturated rings. The van der Waals surface area contributed by atoms with Crippen LogP contribution in [0.2, 0.25) is 0 Å². The summed E-state index contributed by atoms with van der Waals surface area (Å²) < 4.78 is 2.20. The molecule has 0 radical (unpaired) electrons. The molecular formula is C22H24N4O2S. The van der Waals surface area contributed by atoms with E-state index in [1.807, 2.05) is 0 Å². The zero-order valence-electron chi connectivity index (χ0n) is 16.5. The van der Waals surface area contributed by atoms with E-state index in [0.29, 0.717) is 11.7 Å². The number of rotatable bonds is 6. The fourth-order valence-electron chi connectivity index (χ4n) is 3.80. The van der Waals surface area contributed by atoms with E-state index >= 15 is 0 Å². The number of hydrogen-bond acceptors (Lipinski definition) is 5. The van der Waals surface area contributed by atoms with Crippen LogP contribution in [0.25, 0.3) is 5.69 Å². The third-order valence-corrected chi connectivity index (χ3v) is 6.44. The summed E-state index contributed by atoms with van der Waals surface area (Å²) in [6, 6.07) is 15.2. The summed E-state index contributed by atoms with van der Waals surface area (Å²) in [5.41, 5.74) is 3.45. The molecule has 6 nitrogen and oxygen atoms in total. The Bertz CT molecular complexity index is 977. The molecule has 0 aliphatic heterocycles. The van der Waals surface area contributed by atoms with Gasteiger partial charge in [-0.1, -0.05) is 60.9 Å². The molecule has 1 heterocycles. The Morgan fingerprint density at radius 1 is 1.03 bits per heavy atom. The van der Waals surface area contributed by atoms with Gasteiger partial charge in [-0.2, -0.15) is 0 Å². The molecule has 2 aromatic carbocycles. The number of nitro benzene ring substituents is 1. The van der Waals surface area contributed by atoms with Crippen molar-refractivity contribution in [1.29, 1.82) is 0 Å². The van der Waals surface area contributed by atoms with E-state index in [0.717, 1.165) is 35.1 Å². The Balaban J connectivity index is 1.61. The van der Waals surface area contributed by atoms with Crippen molar-refractivity contribution in [3.63, 3.8) is 0 Å². The van der Waals surface area contributed by atoms with Crippen molar-refractivity contribution < 1.29 is 4.92 Å². The number of benzene rings is 2. The third-order valence-electron chi connectivity index (χ3n) is 5.44. The molecule has 1 aromatic heterocycles. The number of nitrogens with zero attached hydrogens (tertiary/aromatic N) is 4. The third kappa shape index (κ3) is 4.50. The first-order valence-electron chi connectivity index (χ1n) is 10.0. The van der Waals surface area contributed by atoms with Crippen LogP contribution >= 0.6 is 11.8 Å². The maximum absolute atomic E-state index is 10.8. The van der Waals surface area contributed by atoms with E-state index in [4.69, 9.17) is 0 Å². The molecule has 4 rings (SSSR count). The highest BCUT2D eigenvalue weighted by Crippen LogP contribution is 2.35. The first kappa shape index (κ1) is 19.6. The highest BCUT2D eigenvalue weighted by Gasteiger charge is 2.24. The number of aryl methyl sites for hydroxylation is 1. The van der Waals surface area contributed by atoms with Gasteiger partial charge in [0.15, 0.2) is 5.16 Å². The van der Waals surface area contributed by atoms with Crippen LogP contribution in [0.4, 0.5) is 5.69 Å². The molecule has 1 saturated carbocycles. The van der Waals surface area contributed by atoms with Crippen molar-refractivity contribution in [2.75, 3.05) is 0 Å². The topological polar surface area (TPSA) is 73.8 Å². The summed E-state index contributed by atoms with van der Waals surface area (Å²) in [5, 5.41) is 20.8. The lowest BCUT2D eigenvalue weighted by Crippen LogP contribution is -2.12. The highest BCUT2D eigenvalue weighted by atomic mass is 32.2. The second-order valence-electron chi connectivity index (χ2n) is 7.56. The van der Waals surface area contributed by atoms with Crippen molar-refractivity contribution >= 4 is 17.4 Å². The summed E-state index contributed by atoms with van der Waals surface area (Å²) >= 11 is 1.62. The van der Waals surface area contributed by atoms with Gasteiger partial charge >= 0.3 is 0 Å². The quantitative estimate of drug-likeness (QED) is 0.292. The second-order valence-corrected chi connectivity index (χ2v) is 8.50. The van der Waals surface area contributed by atoms with Crippen molar-refractivity contribution in [3.05, 3.63) is 75.6 Å². The standard InChI is InChI=1S/C22H24N4O2S/c1-16-7-11-19(12-8-16)25-21(18-5-3-2-4-6-18)23-24-22(25)29-15-17-9-13-20(14-10-17)26(27)28/h7-14,18H,2-6,15H2,1H3. The van der Waals surface area contributed by atoms with Crippen LogP contribution in [0.3, 0.4) is 0 Å². The molecule has 0 bridgehead atoms. The van der Waals surface area contributed by atoms with Crippen LogP contribution in [-0.4, -0.2) is 19.7 Å². The van der Waals surface area contributed by atoms with Crippen molar-refractivity contribution in [1.82, 2.24) is 14.8 Å². The first-order valence-corrected chi connectivity index (χ1v) is 11.0. The Morgan fingerprint density at radius 3 is 2.38 bits per heavy atom. The largest absolute Gasteiger partial charge is 0.274 e. The van der Waals surface area contributed by atoms with E-state index in [1.54, 1.807) is 36.0 Å². The molecule has 0 amide bonds. The molecule has 7 heteroatoms. The lowest BCUT2D eigenvalue weighted by Gasteiger charge is -2.22. The maximum atomic E-state index is 10.8. The fraction of sp³-hybridized carbons (Fsp3) is 0.364. The summed E-state index contributed by atoms with van der Waals surface area (Å²) in [6.07, 6.45) is 6.12. The van der Waals surface area contributed by atoms with Gasteiger partial charge in [0.2, 0.25) is 0 Å². The van der Waals surface area contributed by atoms with Gasteiger partial charge in [-0.3, -0.25) is 14.7 Å². The minimum atomic E-state index is -0.374. The van der Waals surface area contributed by atoms with Gasteiger partial charge in [0.05, 0.1) is 4.92 Å². The van der Waals surface area contributed by atoms with E-state index < -0.39 is 0 Å². The Labute approximate surface area is 174 Å². The van der Waals surface area contributed by atoms with Gasteiger partial charge in [-0.25, -0.2) is 0 Å². The molecule has 0 saturated heterocycles. The Kier molecular flexibility index (Phi) is 5.94. The molecule has 0 atom stereocenters. The molecule has 29 heavy (non-hydrogen) atoms. The van der Waals surface area contributed by atoms with Gasteiger partial charge in [0.1, 0.15) is 5.82 Å². The van der Waals surface area contributed by atoms with Gasteiger partial charge in [-0.15, -0.1) is 10.2 Å². The molecule has 150 valence electrons. The lowest BCUT2D eigenvalue weighted by molar-refractivity contribution is -0.384. The van der Waals surface area contributed by atoms with Crippen LogP contribution in [0.15, 0.2) is 53.7 Å². The summed E-state index contributed by atoms with van der Waals surface area (Å²) in [7, 11) is 0. The minimum Gasteiger partial charge on any atom is -0.274 e. The monoisotopic (exact) mass is 408 g/mol. The number of aromatic nitrogens is 3. The molecule has 1 aliphatic carbocycles. The molecular weight excluding hydrogens is 384 g/mol. The zero-order valence-corrected chi connectivity index (χ0v) is 17.3. The van der Waals surface area contributed by atoms with Crippen LogP contribution in [0.5, 0.6) is 0 Å². The molecule has 0 unspecified atom stereocenters. The number of hydrogen-bond donors (Lipinski definition) is 0. The fourth-order valence-corrected chi connectivity index (χ4v) is 4.71. The Morgan fingerprint density at radius 2 is 1.72 bits per heavy atom. The summed E-state index contributed by atoms with van der Waals surface area (Å²) in [5.74, 6) is 2.19. The predicted molar refractivity (Wildman–Crippen MR) is 115 cm³/mol. The minimum absolute atomic E-state index is 0.112. The molecule has 1 aliphatic rings. The van der Waals surface area contributed by atoms with E-state index in [2.05, 4.69) is 46.0 Å². The SMILES string of the molecule is Cc1ccc(-n2c(SCc3ccc([N+](=O)[O-])cc3)nnc2C2CCCCC2)cc1. The summed E-state index contributed by atoms with van der Waals surface area (Å²) in [6.45, 7) is 2.09. The summed E-state index contributed by atoms with van der Waals surface area (Å²) in [4.78, 5) is 10.5. The van der Waals surface area contributed by atoms with Crippen molar-refractivity contribution in [3.8, 4) is 5.69 Å². The average Bonchev–Trinajstić information content (AvgIpc) is 3.17. The van der Waals surface area contributed by atoms with Crippen molar-refractivity contribution in [2.45, 2.75) is 55.9 Å². The first-order chi connectivity index (χ1) is 14.1. The molecule has 3 aromatic rings. The van der Waals surface area contributed by atoms with Crippen LogP contribution in [0.1, 0.15) is 55.0 Å². The second kappa shape index (κ2) is 8.78. The molecule has 0 N–H and O–H groups in total. The maximum Gasteiger partial charge on any atom is 0.269 e.